The minimum atomic E-state index is 0.268. The van der Waals surface area contributed by atoms with Gasteiger partial charge in [-0.1, -0.05) is 17.7 Å². The minimum Gasteiger partial charge on any atom is -0.315 e. The van der Waals surface area contributed by atoms with Gasteiger partial charge in [-0.3, -0.25) is 0 Å². The summed E-state index contributed by atoms with van der Waals surface area (Å²) < 4.78 is 0. The molecule has 1 aliphatic heterocycles. The zero-order chi connectivity index (χ0) is 12.5. The van der Waals surface area contributed by atoms with Crippen LogP contribution >= 0.6 is 0 Å². The lowest BCUT2D eigenvalue weighted by Gasteiger charge is -2.25. The summed E-state index contributed by atoms with van der Waals surface area (Å²) in [7, 11) is 0. The first-order valence-corrected chi connectivity index (χ1v) is 6.53. The monoisotopic (exact) mass is 232 g/mol. The average molecular weight is 232 g/mol. The number of rotatable bonds is 3. The third-order valence-corrected chi connectivity index (χ3v) is 3.90. The van der Waals surface area contributed by atoms with Crippen molar-refractivity contribution in [1.29, 1.82) is 0 Å². The summed E-state index contributed by atoms with van der Waals surface area (Å²) >= 11 is 0. The van der Waals surface area contributed by atoms with Gasteiger partial charge in [0.15, 0.2) is 0 Å². The van der Waals surface area contributed by atoms with Crippen LogP contribution in [-0.2, 0) is 6.54 Å². The van der Waals surface area contributed by atoms with Gasteiger partial charge in [-0.05, 0) is 57.4 Å². The fourth-order valence-electron chi connectivity index (χ4n) is 2.76. The van der Waals surface area contributed by atoms with Gasteiger partial charge in [0, 0.05) is 18.6 Å². The predicted octanol–water partition coefficient (Wildman–Crippen LogP) is 2.45. The Morgan fingerprint density at radius 3 is 2.41 bits per heavy atom. The summed E-state index contributed by atoms with van der Waals surface area (Å²) in [5.41, 5.74) is 5.90. The Bertz CT molecular complexity index is 380. The molecule has 0 bridgehead atoms. The van der Waals surface area contributed by atoms with Crippen LogP contribution in [-0.4, -0.2) is 18.6 Å². The van der Waals surface area contributed by atoms with Crippen LogP contribution in [0.25, 0.3) is 0 Å². The van der Waals surface area contributed by atoms with Crippen molar-refractivity contribution in [3.05, 3.63) is 34.4 Å². The molecule has 1 aliphatic rings. The molecule has 2 N–H and O–H groups in total. The van der Waals surface area contributed by atoms with Crippen LogP contribution in [0.1, 0.15) is 35.6 Å². The smallest absolute Gasteiger partial charge is 0.0293 e. The highest BCUT2D eigenvalue weighted by molar-refractivity contribution is 5.37. The lowest BCUT2D eigenvalue weighted by atomic mass is 9.97. The second-order valence-electron chi connectivity index (χ2n) is 5.72. The average Bonchev–Trinajstić information content (AvgIpc) is 2.64. The number of benzene rings is 1. The van der Waals surface area contributed by atoms with E-state index in [2.05, 4.69) is 50.5 Å². The van der Waals surface area contributed by atoms with Crippen molar-refractivity contribution < 1.29 is 0 Å². The van der Waals surface area contributed by atoms with Gasteiger partial charge < -0.3 is 10.6 Å². The zero-order valence-electron chi connectivity index (χ0n) is 11.5. The molecule has 1 atom stereocenters. The first-order valence-electron chi connectivity index (χ1n) is 6.53. The van der Waals surface area contributed by atoms with Gasteiger partial charge >= 0.3 is 0 Å². The quantitative estimate of drug-likeness (QED) is 0.836. The molecule has 0 amide bonds. The maximum Gasteiger partial charge on any atom is 0.0293 e. The topological polar surface area (TPSA) is 24.1 Å². The van der Waals surface area contributed by atoms with Gasteiger partial charge in [-0.2, -0.15) is 0 Å². The van der Waals surface area contributed by atoms with E-state index in [9.17, 15) is 0 Å². The van der Waals surface area contributed by atoms with E-state index in [1.54, 1.807) is 0 Å². The largest absolute Gasteiger partial charge is 0.315 e. The van der Waals surface area contributed by atoms with Crippen molar-refractivity contribution in [3.8, 4) is 0 Å². The van der Waals surface area contributed by atoms with Crippen molar-refractivity contribution in [2.45, 2.75) is 46.2 Å². The highest BCUT2D eigenvalue weighted by Gasteiger charge is 2.27. The van der Waals surface area contributed by atoms with E-state index in [0.717, 1.165) is 19.6 Å². The van der Waals surface area contributed by atoms with E-state index in [-0.39, 0.29) is 5.54 Å². The fourth-order valence-corrected chi connectivity index (χ4v) is 2.76. The van der Waals surface area contributed by atoms with Crippen molar-refractivity contribution in [3.63, 3.8) is 0 Å². The molecular weight excluding hydrogens is 208 g/mol. The van der Waals surface area contributed by atoms with Gasteiger partial charge in [-0.15, -0.1) is 0 Å². The molecule has 2 nitrogen and oxygen atoms in total. The Morgan fingerprint density at radius 1 is 1.24 bits per heavy atom. The summed E-state index contributed by atoms with van der Waals surface area (Å²) in [5, 5.41) is 7.14. The van der Waals surface area contributed by atoms with Crippen molar-refractivity contribution in [2.24, 2.45) is 0 Å². The van der Waals surface area contributed by atoms with E-state index in [0.29, 0.717) is 0 Å². The Hall–Kier alpha value is -0.860. The van der Waals surface area contributed by atoms with Crippen LogP contribution in [0.5, 0.6) is 0 Å². The molecule has 0 aliphatic carbocycles. The minimum absolute atomic E-state index is 0.268. The van der Waals surface area contributed by atoms with Crippen LogP contribution in [0.4, 0.5) is 0 Å². The molecule has 1 heterocycles. The zero-order valence-corrected chi connectivity index (χ0v) is 11.5. The highest BCUT2D eigenvalue weighted by Crippen LogP contribution is 2.19. The Kier molecular flexibility index (Phi) is 3.55. The summed E-state index contributed by atoms with van der Waals surface area (Å²) in [4.78, 5) is 0. The molecule has 94 valence electrons. The third-order valence-electron chi connectivity index (χ3n) is 3.90. The molecule has 1 aromatic rings. The lowest BCUT2D eigenvalue weighted by Crippen LogP contribution is -2.43. The third kappa shape index (κ3) is 2.88. The summed E-state index contributed by atoms with van der Waals surface area (Å²) in [6.07, 6.45) is 1.22. The molecule has 1 saturated heterocycles. The SMILES string of the molecule is Cc1cc(C)c(CNC2(C)CCNC2)c(C)c1. The molecule has 1 fully saturated rings. The van der Waals surface area contributed by atoms with E-state index in [1.165, 1.54) is 28.7 Å². The normalized spacial score (nSPS) is 24.2. The molecule has 1 aromatic carbocycles. The summed E-state index contributed by atoms with van der Waals surface area (Å²) in [6, 6.07) is 4.55. The number of nitrogens with one attached hydrogen (secondary N) is 2. The van der Waals surface area contributed by atoms with E-state index < -0.39 is 0 Å². The Morgan fingerprint density at radius 2 is 1.88 bits per heavy atom. The lowest BCUT2D eigenvalue weighted by molar-refractivity contribution is 0.385. The molecule has 0 spiro atoms. The molecule has 1 unspecified atom stereocenters. The summed E-state index contributed by atoms with van der Waals surface area (Å²) in [5.74, 6) is 0. The first kappa shape index (κ1) is 12.6. The van der Waals surface area contributed by atoms with Gasteiger partial charge in [0.05, 0.1) is 0 Å². The van der Waals surface area contributed by atoms with Gasteiger partial charge in [0.25, 0.3) is 0 Å². The van der Waals surface area contributed by atoms with Crippen LogP contribution in [0.15, 0.2) is 12.1 Å². The highest BCUT2D eigenvalue weighted by atomic mass is 15.1. The Labute approximate surface area is 105 Å². The number of hydrogen-bond donors (Lipinski definition) is 2. The molecule has 2 rings (SSSR count). The van der Waals surface area contributed by atoms with Crippen molar-refractivity contribution >= 4 is 0 Å². The van der Waals surface area contributed by atoms with Crippen LogP contribution < -0.4 is 10.6 Å². The number of aryl methyl sites for hydroxylation is 3. The second-order valence-corrected chi connectivity index (χ2v) is 5.72. The number of hydrogen-bond acceptors (Lipinski definition) is 2. The van der Waals surface area contributed by atoms with Crippen molar-refractivity contribution in [1.82, 2.24) is 10.6 Å². The molecule has 0 saturated carbocycles. The molecular formula is C15H24N2. The second kappa shape index (κ2) is 4.79. The van der Waals surface area contributed by atoms with Gasteiger partial charge in [0.2, 0.25) is 0 Å². The standard InChI is InChI=1S/C15H24N2/c1-11-7-12(2)14(13(3)8-11)9-17-15(4)5-6-16-10-15/h7-8,16-17H,5-6,9-10H2,1-4H3. The Balaban J connectivity index is 2.08. The fraction of sp³-hybridized carbons (Fsp3) is 0.600. The first-order chi connectivity index (χ1) is 8.00. The van der Waals surface area contributed by atoms with Crippen LogP contribution in [0.2, 0.25) is 0 Å². The van der Waals surface area contributed by atoms with Crippen molar-refractivity contribution in [2.75, 3.05) is 13.1 Å². The maximum absolute atomic E-state index is 3.71. The molecule has 2 heteroatoms. The van der Waals surface area contributed by atoms with Crippen LogP contribution in [0, 0.1) is 20.8 Å². The van der Waals surface area contributed by atoms with E-state index >= 15 is 0 Å². The maximum atomic E-state index is 3.71. The van der Waals surface area contributed by atoms with Crippen LogP contribution in [0.3, 0.4) is 0 Å². The van der Waals surface area contributed by atoms with E-state index in [1.807, 2.05) is 0 Å². The molecule has 0 aromatic heterocycles. The predicted molar refractivity (Wildman–Crippen MR) is 73.4 cm³/mol. The summed E-state index contributed by atoms with van der Waals surface area (Å²) in [6.45, 7) is 12.1. The van der Waals surface area contributed by atoms with E-state index in [4.69, 9.17) is 0 Å². The molecule has 17 heavy (non-hydrogen) atoms. The van der Waals surface area contributed by atoms with Gasteiger partial charge in [-0.25, -0.2) is 0 Å². The molecule has 0 radical (unpaired) electrons. The van der Waals surface area contributed by atoms with Gasteiger partial charge in [0.1, 0.15) is 0 Å².